The maximum absolute atomic E-state index is 12.6. The Morgan fingerprint density at radius 2 is 1.53 bits per heavy atom. The van der Waals surface area contributed by atoms with Crippen molar-refractivity contribution in [2.45, 2.75) is 38.0 Å². The Balaban J connectivity index is 0.000000532. The number of nitrogens with two attached hydrogens (primary N) is 1. The summed E-state index contributed by atoms with van der Waals surface area (Å²) in [6, 6.07) is 4.44. The van der Waals surface area contributed by atoms with Gasteiger partial charge in [0, 0.05) is 32.9 Å². The van der Waals surface area contributed by atoms with Crippen LogP contribution < -0.4 is 46.1 Å². The molecule has 1 unspecified atom stereocenters. The Morgan fingerprint density at radius 3 is 1.97 bits per heavy atom. The molecule has 0 radical (unpaired) electrons. The lowest BCUT2D eigenvalue weighted by molar-refractivity contribution is -0.383. The predicted molar refractivity (Wildman–Crippen MR) is 280 cm³/mol. The fourth-order valence-electron chi connectivity index (χ4n) is 4.79. The molecule has 0 saturated heterocycles. The highest BCUT2D eigenvalue weighted by atomic mass is 35.5. The van der Waals surface area contributed by atoms with Crippen LogP contribution in [0.1, 0.15) is 36.7 Å². The van der Waals surface area contributed by atoms with E-state index in [9.17, 15) is 55.5 Å². The number of carboxylic acids is 1. The summed E-state index contributed by atoms with van der Waals surface area (Å²) >= 11 is 17.3. The van der Waals surface area contributed by atoms with E-state index in [2.05, 4.69) is 69.7 Å². The molecule has 0 fully saturated rings. The number of carbonyl (C=O) groups excluding carboxylic acids is 2. The Labute approximate surface area is 455 Å². The first-order valence-corrected chi connectivity index (χ1v) is 27.8. The van der Waals surface area contributed by atoms with Gasteiger partial charge in [0.25, 0.3) is 15.9 Å². The molecule has 1 atom stereocenters. The summed E-state index contributed by atoms with van der Waals surface area (Å²) in [5.74, 6) is -1.24. The highest BCUT2D eigenvalue weighted by Crippen LogP contribution is 2.39. The van der Waals surface area contributed by atoms with Gasteiger partial charge < -0.3 is 50.2 Å². The highest BCUT2D eigenvalue weighted by molar-refractivity contribution is 7.94. The Kier molecular flexibility index (Phi) is 28.0. The number of urea groups is 1. The van der Waals surface area contributed by atoms with Crippen molar-refractivity contribution < 1.29 is 69.8 Å². The number of nitro groups is 1. The topological polar surface area (TPSA) is 412 Å². The van der Waals surface area contributed by atoms with Gasteiger partial charge in [-0.05, 0) is 67.5 Å². The molecule has 426 valence electrons. The van der Waals surface area contributed by atoms with Crippen LogP contribution >= 0.6 is 42.4 Å². The lowest BCUT2D eigenvalue weighted by Crippen LogP contribution is -2.36. The number of carboxylic acid groups (broad SMARTS) is 1. The standard InChI is InChI=1S/C15H18N6O6S.C10H5Cl2F3N4O2.C8H14ClN5.C3H8NO5P.C3H9S/c1-21(2)13(22)9-6-5-7-16-12(9)28(24,25)20-15(23)19-14-17-10(26-3)8-11(18-14)27-4;11-5-1-4(10(13,14)15)2-6(12)8(5)18-9(16)7(3-17-18)19(20)21;1-4-10-7-12-6(9)13-8(14-7)11-5(2)3;5-3(6)1-4-2-10(7,8)9;1-4(2)3/h5-8H,1-4H3,(H2,17,18,19,20,23);1-3H,16H2;5H,4H2,1-3H3,(H2,10,11,12,13,14);4H,1-2H2,(H,5,6)(H2,7,8,9);1-3H3/q;;;;+1/p-1. The molecule has 5 aromatic rings. The second kappa shape index (κ2) is 31.5. The average Bonchev–Trinajstić information content (AvgIpc) is 3.67. The van der Waals surface area contributed by atoms with E-state index in [1.807, 2.05) is 26.1 Å². The zero-order chi connectivity index (χ0) is 59.2. The van der Waals surface area contributed by atoms with Crippen LogP contribution in [-0.4, -0.2) is 158 Å². The number of halogens is 6. The van der Waals surface area contributed by atoms with E-state index >= 15 is 0 Å². The number of benzene rings is 1. The number of anilines is 4. The van der Waals surface area contributed by atoms with Crippen LogP contribution in [0.4, 0.5) is 47.3 Å². The number of sulfonamides is 1. The maximum atomic E-state index is 12.6. The smallest absolute Gasteiger partial charge is 0.416 e. The van der Waals surface area contributed by atoms with E-state index in [1.165, 1.54) is 57.6 Å². The molecule has 0 aliphatic rings. The number of rotatable bonds is 16. The average molecular weight is 1210 g/mol. The number of pyridine rings is 1. The number of nitrogens with zero attached hydrogens (tertiary/aromatic N) is 10. The summed E-state index contributed by atoms with van der Waals surface area (Å²) in [5.41, 5.74) is 3.59. The molecule has 77 heavy (non-hydrogen) atoms. The molecule has 0 aliphatic heterocycles. The van der Waals surface area contributed by atoms with Gasteiger partial charge in [-0.1, -0.05) is 23.2 Å². The minimum atomic E-state index is -4.63. The third-order valence-corrected chi connectivity index (χ3v) is 10.4. The lowest BCUT2D eigenvalue weighted by Gasteiger charge is -2.14. The van der Waals surface area contributed by atoms with Crippen molar-refractivity contribution in [2.75, 3.05) is 88.1 Å². The van der Waals surface area contributed by atoms with Crippen molar-refractivity contribution in [1.29, 1.82) is 0 Å². The van der Waals surface area contributed by atoms with E-state index < -0.39 is 81.6 Å². The van der Waals surface area contributed by atoms with E-state index in [0.29, 0.717) is 34.9 Å². The van der Waals surface area contributed by atoms with Crippen molar-refractivity contribution in [3.63, 3.8) is 0 Å². The number of aromatic nitrogens is 8. The summed E-state index contributed by atoms with van der Waals surface area (Å²) in [6.45, 7) is 6.25. The van der Waals surface area contributed by atoms with Crippen LogP contribution in [0.3, 0.4) is 0 Å². The number of ether oxygens (including phenoxy) is 2. The fraction of sp³-hybridized carbons (Fsp3) is 0.385. The van der Waals surface area contributed by atoms with Gasteiger partial charge >= 0.3 is 23.9 Å². The maximum Gasteiger partial charge on any atom is 0.416 e. The van der Waals surface area contributed by atoms with Gasteiger partial charge in [0.2, 0.25) is 40.7 Å². The first-order chi connectivity index (χ1) is 35.6. The van der Waals surface area contributed by atoms with Crippen LogP contribution in [0, 0.1) is 10.1 Å². The molecule has 0 saturated carbocycles. The third-order valence-electron chi connectivity index (χ3n) is 7.70. The van der Waals surface area contributed by atoms with Gasteiger partial charge in [0.1, 0.15) is 19.5 Å². The molecule has 9 N–H and O–H groups in total. The number of aliphatic carboxylic acids is 1. The van der Waals surface area contributed by atoms with E-state index in [4.69, 9.17) is 60.0 Å². The van der Waals surface area contributed by atoms with Gasteiger partial charge in [-0.3, -0.25) is 30.3 Å². The molecule has 29 nitrogen and oxygen atoms in total. The van der Waals surface area contributed by atoms with E-state index in [1.54, 1.807) is 4.72 Å². The van der Waals surface area contributed by atoms with Gasteiger partial charge in [-0.2, -0.15) is 51.6 Å². The molecular weight excluding hydrogens is 1160 g/mol. The van der Waals surface area contributed by atoms with Crippen molar-refractivity contribution in [3.8, 4) is 17.4 Å². The number of amides is 3. The van der Waals surface area contributed by atoms with Gasteiger partial charge in [-0.25, -0.2) is 19.2 Å². The quantitative estimate of drug-likeness (QED) is 0.0296. The van der Waals surface area contributed by atoms with Crippen molar-refractivity contribution in [3.05, 3.63) is 79.3 Å². The molecule has 0 aliphatic carbocycles. The number of hydrogen-bond acceptors (Lipinski definition) is 22. The predicted octanol–water partition coefficient (Wildman–Crippen LogP) is 4.22. The van der Waals surface area contributed by atoms with Crippen molar-refractivity contribution in [1.82, 2.24) is 54.6 Å². The number of nitrogen functional groups attached to an aromatic ring is 1. The molecule has 1 aromatic carbocycles. The van der Waals surface area contributed by atoms with E-state index in [0.717, 1.165) is 17.4 Å². The summed E-state index contributed by atoms with van der Waals surface area (Å²) in [7, 11) is -2.56. The number of nitrogens with one attached hydrogen (secondary N) is 5. The van der Waals surface area contributed by atoms with Gasteiger partial charge in [-0.15, -0.1) is 0 Å². The lowest BCUT2D eigenvalue weighted by atomic mass is 10.2. The van der Waals surface area contributed by atoms with Crippen LogP contribution in [0.15, 0.2) is 47.8 Å². The zero-order valence-corrected chi connectivity index (χ0v) is 47.0. The second-order valence-corrected chi connectivity index (χ2v) is 22.0. The normalized spacial score (nSPS) is 11.5. The van der Waals surface area contributed by atoms with Gasteiger partial charge in [0.15, 0.2) is 5.03 Å². The summed E-state index contributed by atoms with van der Waals surface area (Å²) < 4.78 is 85.3. The number of alkyl halides is 3. The molecule has 0 bridgehead atoms. The number of hydrogen-bond donors (Lipinski definition) is 8. The minimum Gasteiger partial charge on any atom is -0.778 e. The van der Waals surface area contributed by atoms with Crippen molar-refractivity contribution >= 4 is 111 Å². The number of methoxy groups -OCH3 is 2. The first-order valence-electron chi connectivity index (χ1n) is 21.0. The van der Waals surface area contributed by atoms with Gasteiger partial charge in [0.05, 0.1) is 78.0 Å². The molecule has 3 amide bonds. The summed E-state index contributed by atoms with van der Waals surface area (Å²) in [5, 5.41) is 31.3. The third kappa shape index (κ3) is 24.9. The fourth-order valence-corrected chi connectivity index (χ4v) is 7.03. The molecule has 4 heterocycles. The Morgan fingerprint density at radius 1 is 0.987 bits per heavy atom. The molecule has 4 aromatic heterocycles. The second-order valence-electron chi connectivity index (χ2n) is 15.2. The van der Waals surface area contributed by atoms with Crippen LogP contribution in [0.2, 0.25) is 15.3 Å². The monoisotopic (exact) mass is 1210 g/mol. The summed E-state index contributed by atoms with van der Waals surface area (Å²) in [6.07, 6.45) is 3.28. The van der Waals surface area contributed by atoms with Crippen LogP contribution in [-0.2, 0) is 36.5 Å². The molecular formula is C39H53Cl3F3N16O13PS2. The Hall–Kier alpha value is -6.65. The molecule has 38 heteroatoms. The number of carbonyl (C=O) groups is 3. The SMILES string of the molecule is CCNc1nc(Cl)nc(NC(C)C)n1.COc1cc(OC)nc(NC(=O)NS(=O)(=O)c2ncccc2C(=O)N(C)C)n1.C[S+](C)C.Nc1c([N+](=O)[O-])cnn1-c1c(Cl)cc(C(F)(F)F)cc1Cl.O=C(O)CNCP(=O)([O-])O. The zero-order valence-electron chi connectivity index (χ0n) is 42.2. The first kappa shape index (κ1) is 68.4. The van der Waals surface area contributed by atoms with Crippen LogP contribution in [0.25, 0.3) is 5.69 Å². The highest BCUT2D eigenvalue weighted by Gasteiger charge is 2.33. The Bertz CT molecular complexity index is 2920. The van der Waals surface area contributed by atoms with E-state index in [-0.39, 0.29) is 50.3 Å². The largest absolute Gasteiger partial charge is 0.778 e. The molecule has 5 rings (SSSR count). The molecule has 0 spiro atoms. The minimum absolute atomic E-state index is 0.0913. The van der Waals surface area contributed by atoms with Crippen molar-refractivity contribution in [2.24, 2.45) is 0 Å². The van der Waals surface area contributed by atoms with Crippen LogP contribution in [0.5, 0.6) is 11.8 Å². The summed E-state index contributed by atoms with van der Waals surface area (Å²) in [4.78, 5) is 86.6.